The Morgan fingerprint density at radius 3 is 2.85 bits per heavy atom. The maximum absolute atomic E-state index is 9.60. The summed E-state index contributed by atoms with van der Waals surface area (Å²) in [5, 5.41) is 10.7. The number of hydrogen-bond acceptors (Lipinski definition) is 5. The molecule has 1 fully saturated rings. The number of nitrogen functional groups attached to an aromatic ring is 1. The van der Waals surface area contributed by atoms with E-state index in [-0.39, 0.29) is 12.6 Å². The molecule has 1 aromatic heterocycles. The molecule has 0 amide bonds. The van der Waals surface area contributed by atoms with Crippen LogP contribution in [-0.4, -0.2) is 28.7 Å². The summed E-state index contributed by atoms with van der Waals surface area (Å²) >= 11 is 1.44. The molecule has 0 bridgehead atoms. The highest BCUT2D eigenvalue weighted by atomic mass is 32.1. The van der Waals surface area contributed by atoms with Crippen molar-refractivity contribution in [3.63, 3.8) is 0 Å². The molecule has 20 heavy (non-hydrogen) atoms. The minimum absolute atomic E-state index is 0.186. The van der Waals surface area contributed by atoms with E-state index in [0.29, 0.717) is 5.82 Å². The third-order valence-electron chi connectivity index (χ3n) is 3.86. The quantitative estimate of drug-likeness (QED) is 0.912. The number of rotatable bonds is 3. The Bertz CT molecular complexity index is 570. The van der Waals surface area contributed by atoms with Crippen LogP contribution in [0.1, 0.15) is 19.3 Å². The summed E-state index contributed by atoms with van der Waals surface area (Å²) < 4.78 is 4.33. The fourth-order valence-electron chi connectivity index (χ4n) is 2.82. The van der Waals surface area contributed by atoms with E-state index in [1.54, 1.807) is 0 Å². The van der Waals surface area contributed by atoms with Gasteiger partial charge in [0.05, 0.1) is 18.2 Å². The monoisotopic (exact) mass is 289 g/mol. The normalized spacial score (nSPS) is 19.2. The zero-order chi connectivity index (χ0) is 13.9. The summed E-state index contributed by atoms with van der Waals surface area (Å²) in [6.45, 7) is 1.15. The zero-order valence-corrected chi connectivity index (χ0v) is 12.1. The highest BCUT2D eigenvalue weighted by Gasteiger charge is 2.27. The smallest absolute Gasteiger partial charge is 0.147 e. The van der Waals surface area contributed by atoms with Crippen LogP contribution in [-0.2, 0) is 0 Å². The molecular weight excluding hydrogens is 270 g/mol. The predicted molar refractivity (Wildman–Crippen MR) is 84.0 cm³/mol. The van der Waals surface area contributed by atoms with Gasteiger partial charge in [-0.25, -0.2) is 0 Å². The van der Waals surface area contributed by atoms with Crippen LogP contribution in [0.3, 0.4) is 0 Å². The van der Waals surface area contributed by atoms with Crippen LogP contribution in [0.25, 0.3) is 11.1 Å². The maximum Gasteiger partial charge on any atom is 0.147 e. The Morgan fingerprint density at radius 1 is 1.30 bits per heavy atom. The fraction of sp³-hybridized carbons (Fsp3) is 0.400. The minimum Gasteiger partial charge on any atom is -0.394 e. The van der Waals surface area contributed by atoms with Crippen LogP contribution in [0.15, 0.2) is 30.3 Å². The molecule has 0 saturated carbocycles. The highest BCUT2D eigenvalue weighted by Crippen LogP contribution is 2.41. The average molecular weight is 289 g/mol. The lowest BCUT2D eigenvalue weighted by atomic mass is 10.0. The number of hydrogen-bond donors (Lipinski definition) is 2. The number of aliphatic hydroxyl groups is 1. The number of nitrogens with two attached hydrogens (primary N) is 1. The van der Waals surface area contributed by atoms with Crippen LogP contribution >= 0.6 is 11.5 Å². The zero-order valence-electron chi connectivity index (χ0n) is 11.3. The van der Waals surface area contributed by atoms with E-state index in [9.17, 15) is 5.11 Å². The largest absolute Gasteiger partial charge is 0.394 e. The van der Waals surface area contributed by atoms with Gasteiger partial charge in [-0.1, -0.05) is 30.3 Å². The molecule has 1 aliphatic rings. The molecule has 106 valence electrons. The van der Waals surface area contributed by atoms with Gasteiger partial charge in [0.2, 0.25) is 0 Å². The summed E-state index contributed by atoms with van der Waals surface area (Å²) in [6, 6.07) is 10.3. The third-order valence-corrected chi connectivity index (χ3v) is 4.76. The van der Waals surface area contributed by atoms with Gasteiger partial charge in [0.25, 0.3) is 0 Å². The fourth-order valence-corrected chi connectivity index (χ4v) is 3.76. The minimum atomic E-state index is 0.186. The first-order chi connectivity index (χ1) is 9.81. The molecule has 4 nitrogen and oxygen atoms in total. The molecule has 0 spiro atoms. The van der Waals surface area contributed by atoms with Crippen molar-refractivity contribution in [2.45, 2.75) is 25.3 Å². The molecule has 1 unspecified atom stereocenters. The van der Waals surface area contributed by atoms with Crippen molar-refractivity contribution in [1.29, 1.82) is 0 Å². The van der Waals surface area contributed by atoms with Crippen molar-refractivity contribution in [3.05, 3.63) is 30.3 Å². The molecular formula is C15H19N3OS. The van der Waals surface area contributed by atoms with Gasteiger partial charge in [-0.05, 0) is 36.4 Å². The summed E-state index contributed by atoms with van der Waals surface area (Å²) in [4.78, 5) is 2.28. The number of aromatic nitrogens is 1. The molecule has 1 aliphatic heterocycles. The van der Waals surface area contributed by atoms with Crippen LogP contribution in [0.2, 0.25) is 0 Å². The molecule has 2 aromatic rings. The van der Waals surface area contributed by atoms with Crippen LogP contribution < -0.4 is 10.6 Å². The molecule has 5 heteroatoms. The van der Waals surface area contributed by atoms with Gasteiger partial charge in [-0.3, -0.25) is 0 Å². The lowest BCUT2D eigenvalue weighted by Gasteiger charge is -2.35. The van der Waals surface area contributed by atoms with E-state index in [0.717, 1.165) is 35.5 Å². The first-order valence-electron chi connectivity index (χ1n) is 6.99. The number of benzene rings is 1. The van der Waals surface area contributed by atoms with E-state index in [1.165, 1.54) is 18.0 Å². The van der Waals surface area contributed by atoms with Gasteiger partial charge in [0.15, 0.2) is 0 Å². The topological polar surface area (TPSA) is 62.4 Å². The highest BCUT2D eigenvalue weighted by molar-refractivity contribution is 7.11. The Labute approximate surface area is 123 Å². The third kappa shape index (κ3) is 2.39. The second-order valence-electron chi connectivity index (χ2n) is 5.14. The maximum atomic E-state index is 9.60. The molecule has 3 N–H and O–H groups in total. The van der Waals surface area contributed by atoms with E-state index in [1.807, 2.05) is 18.2 Å². The molecule has 0 radical (unpaired) electrons. The summed E-state index contributed by atoms with van der Waals surface area (Å²) in [5.74, 6) is 0.582. The van der Waals surface area contributed by atoms with Gasteiger partial charge in [-0.2, -0.15) is 4.37 Å². The van der Waals surface area contributed by atoms with E-state index in [4.69, 9.17) is 5.73 Å². The van der Waals surface area contributed by atoms with Gasteiger partial charge in [-0.15, -0.1) is 0 Å². The number of piperidine rings is 1. The summed E-state index contributed by atoms with van der Waals surface area (Å²) in [5.41, 5.74) is 8.18. The Kier molecular flexibility index (Phi) is 3.89. The number of aliphatic hydroxyl groups excluding tert-OH is 1. The molecule has 0 aliphatic carbocycles. The van der Waals surface area contributed by atoms with Crippen molar-refractivity contribution in [1.82, 2.24) is 4.37 Å². The summed E-state index contributed by atoms with van der Waals surface area (Å²) in [6.07, 6.45) is 3.36. The molecule has 1 saturated heterocycles. The van der Waals surface area contributed by atoms with Gasteiger partial charge < -0.3 is 15.7 Å². The second kappa shape index (κ2) is 5.81. The van der Waals surface area contributed by atoms with Gasteiger partial charge in [0.1, 0.15) is 10.8 Å². The lowest BCUT2D eigenvalue weighted by molar-refractivity contribution is 0.240. The first kappa shape index (κ1) is 13.4. The SMILES string of the molecule is Nc1nsc(N2CCCCC2CO)c1-c1ccccc1. The Hall–Kier alpha value is -1.59. The van der Waals surface area contributed by atoms with Crippen LogP contribution in [0.5, 0.6) is 0 Å². The van der Waals surface area contributed by atoms with Crippen molar-refractivity contribution in [2.75, 3.05) is 23.8 Å². The molecule has 3 rings (SSSR count). The molecule has 1 aromatic carbocycles. The van der Waals surface area contributed by atoms with E-state index < -0.39 is 0 Å². The molecule has 1 atom stereocenters. The van der Waals surface area contributed by atoms with Crippen molar-refractivity contribution in [3.8, 4) is 11.1 Å². The molecule has 2 heterocycles. The lowest BCUT2D eigenvalue weighted by Crippen LogP contribution is -2.41. The van der Waals surface area contributed by atoms with E-state index in [2.05, 4.69) is 21.4 Å². The van der Waals surface area contributed by atoms with Crippen LogP contribution in [0, 0.1) is 0 Å². The second-order valence-corrected chi connectivity index (χ2v) is 5.89. The number of nitrogens with zero attached hydrogens (tertiary/aromatic N) is 2. The Morgan fingerprint density at radius 2 is 2.10 bits per heavy atom. The average Bonchev–Trinajstić information content (AvgIpc) is 2.89. The predicted octanol–water partition coefficient (Wildman–Crippen LogP) is 2.74. The van der Waals surface area contributed by atoms with Gasteiger partial charge in [0, 0.05) is 6.54 Å². The standard InChI is InChI=1S/C15H19N3OS/c16-14-13(11-6-2-1-3-7-11)15(20-17-14)18-9-5-4-8-12(18)10-19/h1-3,6-7,12,19H,4-5,8-10H2,(H2,16,17). The van der Waals surface area contributed by atoms with Crippen LogP contribution in [0.4, 0.5) is 10.8 Å². The van der Waals surface area contributed by atoms with Crippen molar-refractivity contribution >= 4 is 22.4 Å². The van der Waals surface area contributed by atoms with Crippen molar-refractivity contribution in [2.24, 2.45) is 0 Å². The number of anilines is 2. The summed E-state index contributed by atoms with van der Waals surface area (Å²) in [7, 11) is 0. The first-order valence-corrected chi connectivity index (χ1v) is 7.76. The van der Waals surface area contributed by atoms with E-state index >= 15 is 0 Å². The van der Waals surface area contributed by atoms with Gasteiger partial charge >= 0.3 is 0 Å². The van der Waals surface area contributed by atoms with Crippen molar-refractivity contribution < 1.29 is 5.11 Å². The Balaban J connectivity index is 2.02.